The molecule has 6 heteroatoms. The van der Waals surface area contributed by atoms with Crippen molar-refractivity contribution in [3.05, 3.63) is 29.8 Å². The van der Waals surface area contributed by atoms with Gasteiger partial charge in [-0.25, -0.2) is 12.7 Å². The summed E-state index contributed by atoms with van der Waals surface area (Å²) in [6.45, 7) is 3.60. The third-order valence-corrected chi connectivity index (χ3v) is 6.97. The van der Waals surface area contributed by atoms with Gasteiger partial charge >= 0.3 is 0 Å². The molecule has 1 atom stereocenters. The molecule has 0 aliphatic carbocycles. The minimum absolute atomic E-state index is 0.250. The third-order valence-electron chi connectivity index (χ3n) is 4.66. The van der Waals surface area contributed by atoms with E-state index in [4.69, 9.17) is 4.74 Å². The van der Waals surface area contributed by atoms with Gasteiger partial charge in [-0.3, -0.25) is 4.90 Å². The first kappa shape index (κ1) is 15.8. The van der Waals surface area contributed by atoms with Crippen LogP contribution in [0.5, 0.6) is 5.75 Å². The van der Waals surface area contributed by atoms with Crippen LogP contribution in [-0.4, -0.2) is 56.2 Å². The molecular weight excluding hydrogens is 300 g/mol. The van der Waals surface area contributed by atoms with E-state index in [9.17, 15) is 8.42 Å². The highest BCUT2D eigenvalue weighted by molar-refractivity contribution is 7.89. The van der Waals surface area contributed by atoms with Gasteiger partial charge in [0, 0.05) is 31.7 Å². The summed E-state index contributed by atoms with van der Waals surface area (Å²) in [7, 11) is -1.45. The molecule has 0 saturated carbocycles. The number of nitrogens with zero attached hydrogens (tertiary/aromatic N) is 2. The van der Waals surface area contributed by atoms with Crippen molar-refractivity contribution in [3.63, 3.8) is 0 Å². The molecule has 2 aliphatic heterocycles. The van der Waals surface area contributed by atoms with Gasteiger partial charge in [0.1, 0.15) is 5.75 Å². The lowest BCUT2D eigenvalue weighted by atomic mass is 10.2. The fourth-order valence-corrected chi connectivity index (χ4v) is 5.40. The average molecular weight is 324 g/mol. The fraction of sp³-hybridized carbons (Fsp3) is 0.625. The van der Waals surface area contributed by atoms with Gasteiger partial charge in [0.25, 0.3) is 0 Å². The fourth-order valence-electron chi connectivity index (χ4n) is 3.41. The van der Waals surface area contributed by atoms with Crippen LogP contribution in [0, 0.1) is 0 Å². The van der Waals surface area contributed by atoms with Crippen LogP contribution in [0.25, 0.3) is 0 Å². The van der Waals surface area contributed by atoms with Gasteiger partial charge in [0.2, 0.25) is 10.0 Å². The maximum Gasteiger partial charge on any atom is 0.218 e. The van der Waals surface area contributed by atoms with Gasteiger partial charge in [-0.2, -0.15) is 0 Å². The van der Waals surface area contributed by atoms with Gasteiger partial charge in [-0.15, -0.1) is 0 Å². The van der Waals surface area contributed by atoms with Crippen LogP contribution in [-0.2, 0) is 16.6 Å². The largest absolute Gasteiger partial charge is 0.496 e. The van der Waals surface area contributed by atoms with Gasteiger partial charge in [0.05, 0.1) is 12.4 Å². The van der Waals surface area contributed by atoms with E-state index in [0.717, 1.165) is 43.7 Å². The van der Waals surface area contributed by atoms with Crippen molar-refractivity contribution in [2.75, 3.05) is 33.3 Å². The smallest absolute Gasteiger partial charge is 0.218 e. The number of hydrogen-bond acceptors (Lipinski definition) is 4. The van der Waals surface area contributed by atoms with E-state index in [0.29, 0.717) is 19.6 Å². The summed E-state index contributed by atoms with van der Waals surface area (Å²) in [5.74, 6) is 0.869. The third kappa shape index (κ3) is 3.14. The van der Waals surface area contributed by atoms with Crippen molar-refractivity contribution < 1.29 is 13.2 Å². The highest BCUT2D eigenvalue weighted by atomic mass is 32.2. The Hall–Kier alpha value is -1.11. The molecule has 0 spiro atoms. The Kier molecular flexibility index (Phi) is 4.70. The summed E-state index contributed by atoms with van der Waals surface area (Å²) in [6.07, 6.45) is 2.72. The normalized spacial score (nSPS) is 24.0. The van der Waals surface area contributed by atoms with E-state index < -0.39 is 10.0 Å². The highest BCUT2D eigenvalue weighted by Gasteiger charge is 2.38. The maximum atomic E-state index is 12.6. The number of hydrogen-bond donors (Lipinski definition) is 0. The molecule has 5 nitrogen and oxygen atoms in total. The van der Waals surface area contributed by atoms with Gasteiger partial charge in [0.15, 0.2) is 0 Å². The first-order chi connectivity index (χ1) is 10.6. The second kappa shape index (κ2) is 6.56. The number of rotatable bonds is 5. The van der Waals surface area contributed by atoms with E-state index in [-0.39, 0.29) is 5.25 Å². The summed E-state index contributed by atoms with van der Waals surface area (Å²) in [5.41, 5.74) is 1.12. The zero-order chi connectivity index (χ0) is 15.6. The SMILES string of the molecule is COc1ccccc1CN1CCC(S(=O)(=O)N2CCCC2)C1. The highest BCUT2D eigenvalue weighted by Crippen LogP contribution is 2.26. The Morgan fingerprint density at radius 3 is 2.64 bits per heavy atom. The molecule has 0 bridgehead atoms. The first-order valence-corrected chi connectivity index (χ1v) is 9.45. The zero-order valence-corrected chi connectivity index (χ0v) is 13.9. The number of para-hydroxylation sites is 1. The Bertz CT molecular complexity index is 612. The first-order valence-electron chi connectivity index (χ1n) is 7.94. The number of likely N-dealkylation sites (tertiary alicyclic amines) is 1. The molecule has 2 fully saturated rings. The second-order valence-electron chi connectivity index (χ2n) is 6.11. The lowest BCUT2D eigenvalue weighted by Crippen LogP contribution is -2.38. The molecule has 22 heavy (non-hydrogen) atoms. The van der Waals surface area contributed by atoms with Crippen LogP contribution in [0.15, 0.2) is 24.3 Å². The van der Waals surface area contributed by atoms with Crippen molar-refractivity contribution in [2.24, 2.45) is 0 Å². The summed E-state index contributed by atoms with van der Waals surface area (Å²) < 4.78 is 32.3. The predicted octanol–water partition coefficient (Wildman–Crippen LogP) is 1.70. The average Bonchev–Trinajstić information content (AvgIpc) is 3.20. The maximum absolute atomic E-state index is 12.6. The van der Waals surface area contributed by atoms with E-state index in [1.807, 2.05) is 24.3 Å². The van der Waals surface area contributed by atoms with Gasteiger partial charge in [-0.05, 0) is 31.9 Å². The molecule has 0 aromatic heterocycles. The number of sulfonamides is 1. The van der Waals surface area contributed by atoms with Crippen molar-refractivity contribution >= 4 is 10.0 Å². The van der Waals surface area contributed by atoms with Gasteiger partial charge < -0.3 is 4.74 Å². The minimum atomic E-state index is -3.12. The number of benzene rings is 1. The molecule has 2 aliphatic rings. The Morgan fingerprint density at radius 1 is 1.18 bits per heavy atom. The second-order valence-corrected chi connectivity index (χ2v) is 8.32. The molecule has 1 unspecified atom stereocenters. The molecule has 0 N–H and O–H groups in total. The number of methoxy groups -OCH3 is 1. The Balaban J connectivity index is 1.65. The van der Waals surface area contributed by atoms with Crippen LogP contribution < -0.4 is 4.74 Å². The Labute approximate surface area is 132 Å². The predicted molar refractivity (Wildman–Crippen MR) is 86.4 cm³/mol. The van der Waals surface area contributed by atoms with Gasteiger partial charge in [-0.1, -0.05) is 18.2 Å². The molecule has 0 amide bonds. The van der Waals surface area contributed by atoms with E-state index in [2.05, 4.69) is 4.90 Å². The summed E-state index contributed by atoms with van der Waals surface area (Å²) in [4.78, 5) is 2.22. The molecular formula is C16H24N2O3S. The standard InChI is InChI=1S/C16H24N2O3S/c1-21-16-7-3-2-6-14(16)12-17-11-8-15(13-17)22(19,20)18-9-4-5-10-18/h2-3,6-7,15H,4-5,8-13H2,1H3. The van der Waals surface area contributed by atoms with Crippen molar-refractivity contribution in [3.8, 4) is 5.75 Å². The molecule has 122 valence electrons. The monoisotopic (exact) mass is 324 g/mol. The van der Waals surface area contributed by atoms with Crippen LogP contribution in [0.1, 0.15) is 24.8 Å². The van der Waals surface area contributed by atoms with E-state index in [1.165, 1.54) is 0 Å². The Morgan fingerprint density at radius 2 is 1.91 bits per heavy atom. The minimum Gasteiger partial charge on any atom is -0.496 e. The van der Waals surface area contributed by atoms with Crippen molar-refractivity contribution in [1.82, 2.24) is 9.21 Å². The molecule has 1 aromatic rings. The quantitative estimate of drug-likeness (QED) is 0.827. The lowest BCUT2D eigenvalue weighted by molar-refractivity contribution is 0.320. The lowest BCUT2D eigenvalue weighted by Gasteiger charge is -2.21. The molecule has 2 saturated heterocycles. The summed E-state index contributed by atoms with van der Waals surface area (Å²) in [5, 5.41) is -0.250. The van der Waals surface area contributed by atoms with Crippen molar-refractivity contribution in [2.45, 2.75) is 31.1 Å². The summed E-state index contributed by atoms with van der Waals surface area (Å²) >= 11 is 0. The molecule has 3 rings (SSSR count). The number of ether oxygens (including phenoxy) is 1. The van der Waals surface area contributed by atoms with E-state index in [1.54, 1.807) is 11.4 Å². The zero-order valence-electron chi connectivity index (χ0n) is 13.1. The molecule has 0 radical (unpaired) electrons. The van der Waals surface area contributed by atoms with Crippen LogP contribution in [0.4, 0.5) is 0 Å². The summed E-state index contributed by atoms with van der Waals surface area (Å²) in [6, 6.07) is 7.93. The van der Waals surface area contributed by atoms with Crippen LogP contribution >= 0.6 is 0 Å². The van der Waals surface area contributed by atoms with Crippen LogP contribution in [0.2, 0.25) is 0 Å². The van der Waals surface area contributed by atoms with E-state index >= 15 is 0 Å². The topological polar surface area (TPSA) is 49.9 Å². The van der Waals surface area contributed by atoms with Crippen LogP contribution in [0.3, 0.4) is 0 Å². The molecule has 2 heterocycles. The molecule has 1 aromatic carbocycles. The van der Waals surface area contributed by atoms with Crippen molar-refractivity contribution in [1.29, 1.82) is 0 Å².